The molecule has 0 bridgehead atoms. The van der Waals surface area contributed by atoms with Gasteiger partial charge in [0, 0.05) is 17.1 Å². The van der Waals surface area contributed by atoms with E-state index in [1.54, 1.807) is 6.07 Å². The molecule has 3 aromatic heterocycles. The van der Waals surface area contributed by atoms with Gasteiger partial charge in [-0.2, -0.15) is 5.10 Å². The average molecular weight is 348 g/mol. The highest BCUT2D eigenvalue weighted by Gasteiger charge is 2.17. The molecule has 2 N–H and O–H groups in total. The lowest BCUT2D eigenvalue weighted by Gasteiger charge is -2.08. The van der Waals surface area contributed by atoms with E-state index in [9.17, 15) is 9.18 Å². The molecule has 0 atom stereocenters. The van der Waals surface area contributed by atoms with Crippen molar-refractivity contribution in [3.8, 4) is 0 Å². The summed E-state index contributed by atoms with van der Waals surface area (Å²) in [4.78, 5) is 25.1. The predicted molar refractivity (Wildman–Crippen MR) is 93.8 cm³/mol. The average Bonchev–Trinajstić information content (AvgIpc) is 3.06. The van der Waals surface area contributed by atoms with Crippen LogP contribution in [0.2, 0.25) is 0 Å². The first-order valence-electron chi connectivity index (χ1n) is 7.82. The monoisotopic (exact) mass is 348 g/mol. The van der Waals surface area contributed by atoms with E-state index in [1.165, 1.54) is 12.1 Å². The van der Waals surface area contributed by atoms with E-state index in [1.807, 2.05) is 31.2 Å². The third-order valence-corrected chi connectivity index (χ3v) is 3.72. The normalized spacial score (nSPS) is 10.8. The summed E-state index contributed by atoms with van der Waals surface area (Å²) in [7, 11) is 0. The number of rotatable bonds is 4. The molecule has 0 radical (unpaired) electrons. The SMILES string of the molecule is Cc1cc(Nc2nc(C(=O)c3ccc(F)cn3)nc3ccccc23)n[nH]1. The first kappa shape index (κ1) is 15.8. The van der Waals surface area contributed by atoms with Crippen molar-refractivity contribution >= 4 is 28.3 Å². The van der Waals surface area contributed by atoms with Gasteiger partial charge >= 0.3 is 0 Å². The summed E-state index contributed by atoms with van der Waals surface area (Å²) in [6, 6.07) is 11.6. The first-order valence-corrected chi connectivity index (χ1v) is 7.82. The minimum absolute atomic E-state index is 0.0300. The Hall–Kier alpha value is -3.68. The van der Waals surface area contributed by atoms with Crippen LogP contribution in [0.4, 0.5) is 16.0 Å². The molecular weight excluding hydrogens is 335 g/mol. The van der Waals surface area contributed by atoms with Gasteiger partial charge in [0.25, 0.3) is 0 Å². The summed E-state index contributed by atoms with van der Waals surface area (Å²) in [5.74, 6) is -0.0102. The zero-order valence-electron chi connectivity index (χ0n) is 13.7. The molecule has 4 rings (SSSR count). The van der Waals surface area contributed by atoms with E-state index in [-0.39, 0.29) is 11.5 Å². The van der Waals surface area contributed by atoms with Crippen LogP contribution in [-0.2, 0) is 0 Å². The minimum atomic E-state index is -0.516. The highest BCUT2D eigenvalue weighted by atomic mass is 19.1. The van der Waals surface area contributed by atoms with Crippen LogP contribution in [-0.4, -0.2) is 30.9 Å². The van der Waals surface area contributed by atoms with Crippen LogP contribution >= 0.6 is 0 Å². The van der Waals surface area contributed by atoms with Gasteiger partial charge in [0.1, 0.15) is 17.3 Å². The van der Waals surface area contributed by atoms with Crippen LogP contribution in [0.3, 0.4) is 0 Å². The summed E-state index contributed by atoms with van der Waals surface area (Å²) >= 11 is 0. The summed E-state index contributed by atoms with van der Waals surface area (Å²) in [5, 5.41) is 10.8. The molecule has 0 aliphatic heterocycles. The van der Waals surface area contributed by atoms with Crippen LogP contribution < -0.4 is 5.32 Å². The van der Waals surface area contributed by atoms with Crippen molar-refractivity contribution in [2.45, 2.75) is 6.92 Å². The quantitative estimate of drug-likeness (QED) is 0.550. The van der Waals surface area contributed by atoms with Gasteiger partial charge in [-0.15, -0.1) is 0 Å². The van der Waals surface area contributed by atoms with E-state index in [0.717, 1.165) is 17.3 Å². The van der Waals surface area contributed by atoms with Crippen molar-refractivity contribution < 1.29 is 9.18 Å². The highest BCUT2D eigenvalue weighted by Crippen LogP contribution is 2.24. The van der Waals surface area contributed by atoms with Gasteiger partial charge in [0.2, 0.25) is 11.6 Å². The Morgan fingerprint density at radius 3 is 2.73 bits per heavy atom. The Kier molecular flexibility index (Phi) is 3.85. The number of nitrogens with one attached hydrogen (secondary N) is 2. The number of fused-ring (bicyclic) bond motifs is 1. The Morgan fingerprint density at radius 2 is 2.00 bits per heavy atom. The number of halogens is 1. The van der Waals surface area contributed by atoms with E-state index in [4.69, 9.17) is 0 Å². The van der Waals surface area contributed by atoms with Gasteiger partial charge < -0.3 is 5.32 Å². The van der Waals surface area contributed by atoms with Crippen molar-refractivity contribution in [1.82, 2.24) is 25.1 Å². The molecule has 3 heterocycles. The minimum Gasteiger partial charge on any atom is -0.323 e. The molecule has 0 fully saturated rings. The number of H-pyrrole nitrogens is 1. The lowest BCUT2D eigenvalue weighted by Crippen LogP contribution is -2.11. The van der Waals surface area contributed by atoms with E-state index in [2.05, 4.69) is 30.5 Å². The molecule has 0 saturated heterocycles. The van der Waals surface area contributed by atoms with Crippen LogP contribution in [0.1, 0.15) is 22.0 Å². The second kappa shape index (κ2) is 6.32. The largest absolute Gasteiger partial charge is 0.323 e. The molecule has 7 nitrogen and oxygen atoms in total. The molecule has 0 spiro atoms. The molecule has 8 heteroatoms. The van der Waals surface area contributed by atoms with Crippen molar-refractivity contribution in [3.63, 3.8) is 0 Å². The van der Waals surface area contributed by atoms with Gasteiger partial charge in [-0.25, -0.2) is 19.3 Å². The standard InChI is InChI=1S/C18H13FN6O/c1-10-8-15(25-24-10)22-17-12-4-2-3-5-13(12)21-18(23-17)16(26)14-7-6-11(19)9-20-14/h2-9H,1H3,(H2,21,22,23,24,25). The third kappa shape index (κ3) is 3.00. The second-order valence-corrected chi connectivity index (χ2v) is 5.66. The number of benzene rings is 1. The Labute approximate surface area is 147 Å². The van der Waals surface area contributed by atoms with Crippen molar-refractivity contribution in [2.24, 2.45) is 0 Å². The Balaban J connectivity index is 1.80. The summed E-state index contributed by atoms with van der Waals surface area (Å²) in [6.45, 7) is 1.88. The Morgan fingerprint density at radius 1 is 1.15 bits per heavy atom. The molecule has 1 aromatic carbocycles. The molecule has 0 aliphatic rings. The van der Waals surface area contributed by atoms with E-state index in [0.29, 0.717) is 17.2 Å². The lowest BCUT2D eigenvalue weighted by atomic mass is 10.2. The fourth-order valence-corrected chi connectivity index (χ4v) is 2.50. The maximum absolute atomic E-state index is 13.0. The lowest BCUT2D eigenvalue weighted by molar-refractivity contribution is 0.102. The number of aryl methyl sites for hydroxylation is 1. The number of anilines is 2. The zero-order chi connectivity index (χ0) is 18.1. The number of pyridine rings is 1. The van der Waals surface area contributed by atoms with Gasteiger partial charge in [-0.1, -0.05) is 12.1 Å². The van der Waals surface area contributed by atoms with Crippen molar-refractivity contribution in [1.29, 1.82) is 0 Å². The van der Waals surface area contributed by atoms with Gasteiger partial charge in [-0.3, -0.25) is 9.89 Å². The molecule has 0 aliphatic carbocycles. The number of ketones is 1. The van der Waals surface area contributed by atoms with Crippen LogP contribution in [0, 0.1) is 12.7 Å². The molecular formula is C18H13FN6O. The number of aromatic amines is 1. The number of hydrogen-bond acceptors (Lipinski definition) is 6. The number of hydrogen-bond donors (Lipinski definition) is 2. The first-order chi connectivity index (χ1) is 12.6. The molecule has 0 saturated carbocycles. The van der Waals surface area contributed by atoms with Crippen LogP contribution in [0.5, 0.6) is 0 Å². The fraction of sp³-hybridized carbons (Fsp3) is 0.0556. The summed E-state index contributed by atoms with van der Waals surface area (Å²) < 4.78 is 13.0. The maximum Gasteiger partial charge on any atom is 0.248 e. The van der Waals surface area contributed by atoms with E-state index >= 15 is 0 Å². The summed E-state index contributed by atoms with van der Waals surface area (Å²) in [5.41, 5.74) is 1.56. The number of carbonyl (C=O) groups excluding carboxylic acids is 1. The summed E-state index contributed by atoms with van der Waals surface area (Å²) in [6.07, 6.45) is 0.986. The zero-order valence-corrected chi connectivity index (χ0v) is 13.7. The fourth-order valence-electron chi connectivity index (χ4n) is 2.50. The van der Waals surface area contributed by atoms with Gasteiger partial charge in [0.15, 0.2) is 5.82 Å². The number of carbonyl (C=O) groups is 1. The van der Waals surface area contributed by atoms with Gasteiger partial charge in [-0.05, 0) is 31.2 Å². The predicted octanol–water partition coefficient (Wildman–Crippen LogP) is 3.17. The molecule has 0 amide bonds. The van der Waals surface area contributed by atoms with E-state index < -0.39 is 11.6 Å². The van der Waals surface area contributed by atoms with Crippen LogP contribution in [0.25, 0.3) is 10.9 Å². The Bertz CT molecular complexity index is 1110. The van der Waals surface area contributed by atoms with Gasteiger partial charge in [0.05, 0.1) is 11.7 Å². The smallest absolute Gasteiger partial charge is 0.248 e. The maximum atomic E-state index is 13.0. The topological polar surface area (TPSA) is 96.5 Å². The van der Waals surface area contributed by atoms with Crippen LogP contribution in [0.15, 0.2) is 48.7 Å². The third-order valence-electron chi connectivity index (χ3n) is 3.72. The number of aromatic nitrogens is 5. The number of para-hydroxylation sites is 1. The highest BCUT2D eigenvalue weighted by molar-refractivity contribution is 6.07. The molecule has 26 heavy (non-hydrogen) atoms. The molecule has 0 unspecified atom stereocenters. The number of nitrogens with zero attached hydrogens (tertiary/aromatic N) is 4. The van der Waals surface area contributed by atoms with Crippen molar-refractivity contribution in [3.05, 3.63) is 71.7 Å². The second-order valence-electron chi connectivity index (χ2n) is 5.66. The molecule has 4 aromatic rings. The van der Waals surface area contributed by atoms with Crippen molar-refractivity contribution in [2.75, 3.05) is 5.32 Å². The molecule has 128 valence electrons.